The van der Waals surface area contributed by atoms with E-state index in [9.17, 15) is 36.4 Å². The minimum absolute atomic E-state index is 0.0944. The number of rotatable bonds is 10. The van der Waals surface area contributed by atoms with Gasteiger partial charge in [0.2, 0.25) is 5.28 Å². The van der Waals surface area contributed by atoms with Crippen molar-refractivity contribution < 1.29 is 55.2 Å². The van der Waals surface area contributed by atoms with E-state index in [0.717, 1.165) is 28.4 Å². The van der Waals surface area contributed by atoms with Gasteiger partial charge in [-0.1, -0.05) is 29.8 Å². The molecule has 0 aliphatic carbocycles. The molecule has 1 amide bonds. The number of alkyl halides is 3. The predicted octanol–water partition coefficient (Wildman–Crippen LogP) is 5.46. The maximum atomic E-state index is 13.5. The third-order valence-electron chi connectivity index (χ3n) is 6.68. The number of hydrogen-bond donors (Lipinski definition) is 1. The van der Waals surface area contributed by atoms with Gasteiger partial charge in [0.25, 0.3) is 16.8 Å². The Labute approximate surface area is 273 Å². The maximum absolute atomic E-state index is 13.5. The maximum Gasteiger partial charge on any atom is 0.511 e. The van der Waals surface area contributed by atoms with Gasteiger partial charge < -0.3 is 24.3 Å². The van der Waals surface area contributed by atoms with Crippen molar-refractivity contribution in [2.75, 3.05) is 19.9 Å². The van der Waals surface area contributed by atoms with Crippen molar-refractivity contribution in [3.8, 4) is 16.9 Å². The van der Waals surface area contributed by atoms with Crippen molar-refractivity contribution in [3.05, 3.63) is 71.1 Å². The molecule has 15 nitrogen and oxygen atoms in total. The summed E-state index contributed by atoms with van der Waals surface area (Å²) in [5.41, 5.74) is -0.299. The molecule has 1 saturated heterocycles. The summed E-state index contributed by atoms with van der Waals surface area (Å²) in [6.45, 7) is 5.86. The molecule has 1 aromatic heterocycles. The van der Waals surface area contributed by atoms with Crippen molar-refractivity contribution in [3.63, 3.8) is 0 Å². The molecule has 1 fully saturated rings. The van der Waals surface area contributed by atoms with Gasteiger partial charge in [-0.2, -0.15) is 18.3 Å². The molecule has 1 aliphatic rings. The summed E-state index contributed by atoms with van der Waals surface area (Å²) in [7, 11) is -4.46. The van der Waals surface area contributed by atoms with Crippen LogP contribution >= 0.6 is 0 Å². The Bertz CT molecular complexity index is 1740. The molecule has 0 bridgehead atoms. The van der Waals surface area contributed by atoms with Crippen LogP contribution in [-0.4, -0.2) is 72.0 Å². The Hall–Kier alpha value is -5.07. The van der Waals surface area contributed by atoms with Crippen LogP contribution in [0.25, 0.3) is 16.9 Å². The molecule has 0 saturated carbocycles. The van der Waals surface area contributed by atoms with Crippen LogP contribution in [0.15, 0.2) is 64.8 Å². The molecule has 1 N–H and O–H groups in total. The SMILES string of the molecule is Cc1ccc(-c2cc(C(F)(F)F)nn2-c2ccc(S(=O)(=O)NC(=O)OC[C@@H]3CCCN3/[N+]([O-])=N\OCOC(=O)OC(C)(C)C)cc2)cc1. The second kappa shape index (κ2) is 14.4. The zero-order valence-corrected chi connectivity index (χ0v) is 27.1. The zero-order chi connectivity index (χ0) is 35.3. The number of hydrogen-bond acceptors (Lipinski definition) is 11. The summed E-state index contributed by atoms with van der Waals surface area (Å²) in [6, 6.07) is 11.7. The largest absolute Gasteiger partial charge is 0.569 e. The molecule has 2 aromatic carbocycles. The molecule has 1 aliphatic heterocycles. The van der Waals surface area contributed by atoms with Crippen LogP contribution in [0.1, 0.15) is 44.9 Å². The number of nitrogens with zero attached hydrogens (tertiary/aromatic N) is 5. The molecule has 3 aromatic rings. The molecule has 48 heavy (non-hydrogen) atoms. The average Bonchev–Trinajstić information content (AvgIpc) is 3.66. The first-order chi connectivity index (χ1) is 22.4. The molecule has 0 unspecified atom stereocenters. The fourth-order valence-electron chi connectivity index (χ4n) is 4.47. The van der Waals surface area contributed by atoms with E-state index in [-0.39, 0.29) is 34.4 Å². The van der Waals surface area contributed by atoms with Gasteiger partial charge >= 0.3 is 18.4 Å². The highest BCUT2D eigenvalue weighted by atomic mass is 32.2. The Morgan fingerprint density at radius 2 is 1.75 bits per heavy atom. The Balaban J connectivity index is 1.36. The third-order valence-corrected chi connectivity index (χ3v) is 8.00. The number of carbonyl (C=O) groups is 2. The van der Waals surface area contributed by atoms with Crippen LogP contribution in [0.2, 0.25) is 0 Å². The van der Waals surface area contributed by atoms with Crippen LogP contribution in [0.4, 0.5) is 22.8 Å². The molecule has 0 spiro atoms. The number of hydrazine groups is 1. The van der Waals surface area contributed by atoms with Crippen LogP contribution in [0, 0.1) is 12.1 Å². The van der Waals surface area contributed by atoms with Crippen molar-refractivity contribution in [1.82, 2.24) is 19.5 Å². The standard InChI is InChI=1S/C29H33F3N6O9S/c1-19-7-9-20(10-8-19)24-16-25(29(30,31)32)33-37(24)21-11-13-23(14-12-21)48(42,43)34-26(39)44-17-22-6-5-15-36(22)38(41)35-46-18-45-27(40)47-28(2,3)4/h7-14,16,22H,5-6,15,17-18H2,1-4H3,(H,34,39)/b38-35+/t22-/m0/s1. The van der Waals surface area contributed by atoms with E-state index >= 15 is 0 Å². The summed E-state index contributed by atoms with van der Waals surface area (Å²) < 4.78 is 83.7. The first-order valence-corrected chi connectivity index (χ1v) is 15.9. The van der Waals surface area contributed by atoms with Gasteiger partial charge in [0.1, 0.15) is 18.2 Å². The van der Waals surface area contributed by atoms with Gasteiger partial charge in [-0.05, 0) is 70.9 Å². The molecule has 2 heterocycles. The number of aromatic nitrogens is 2. The normalized spacial score (nSPS) is 15.6. The van der Waals surface area contributed by atoms with Gasteiger partial charge in [0.15, 0.2) is 5.69 Å². The molecule has 19 heteroatoms. The summed E-state index contributed by atoms with van der Waals surface area (Å²) in [4.78, 5) is 28.3. The zero-order valence-electron chi connectivity index (χ0n) is 26.3. The Morgan fingerprint density at radius 1 is 1.08 bits per heavy atom. The highest BCUT2D eigenvalue weighted by Gasteiger charge is 2.36. The quantitative estimate of drug-likeness (QED) is 0.0710. The lowest BCUT2D eigenvalue weighted by Gasteiger charge is -2.20. The number of aryl methyl sites for hydroxylation is 1. The number of carbonyl (C=O) groups excluding carboxylic acids is 2. The number of halogens is 3. The molecule has 0 radical (unpaired) electrons. The molecular weight excluding hydrogens is 665 g/mol. The molecule has 4 rings (SSSR count). The molecular formula is C29H33F3N6O9S. The van der Waals surface area contributed by atoms with E-state index < -0.39 is 52.6 Å². The van der Waals surface area contributed by atoms with Crippen molar-refractivity contribution >= 4 is 22.3 Å². The number of sulfonamides is 1. The van der Waals surface area contributed by atoms with E-state index in [4.69, 9.17) is 9.47 Å². The Kier molecular flexibility index (Phi) is 10.7. The first kappa shape index (κ1) is 35.8. The van der Waals surface area contributed by atoms with E-state index in [1.165, 1.54) is 17.1 Å². The lowest BCUT2D eigenvalue weighted by atomic mass is 10.1. The fraction of sp³-hybridized carbons (Fsp3) is 0.414. The number of amides is 1. The average molecular weight is 699 g/mol. The van der Waals surface area contributed by atoms with E-state index in [0.29, 0.717) is 18.4 Å². The van der Waals surface area contributed by atoms with Crippen LogP contribution in [0.3, 0.4) is 0 Å². The summed E-state index contributed by atoms with van der Waals surface area (Å²) in [5.74, 6) is 0. The predicted molar refractivity (Wildman–Crippen MR) is 159 cm³/mol. The highest BCUT2D eigenvalue weighted by molar-refractivity contribution is 7.90. The second-order valence-electron chi connectivity index (χ2n) is 11.5. The van der Waals surface area contributed by atoms with E-state index in [2.05, 4.69) is 20.0 Å². The third kappa shape index (κ3) is 9.49. The fourth-order valence-corrected chi connectivity index (χ4v) is 5.36. The number of benzene rings is 2. The summed E-state index contributed by atoms with van der Waals surface area (Å²) in [6.07, 6.45) is -6.15. The Morgan fingerprint density at radius 3 is 2.38 bits per heavy atom. The smallest absolute Gasteiger partial charge is 0.511 e. The van der Waals surface area contributed by atoms with E-state index in [1.54, 1.807) is 49.8 Å². The second-order valence-corrected chi connectivity index (χ2v) is 13.2. The first-order valence-electron chi connectivity index (χ1n) is 14.4. The summed E-state index contributed by atoms with van der Waals surface area (Å²) >= 11 is 0. The van der Waals surface area contributed by atoms with E-state index in [1.807, 2.05) is 6.92 Å². The molecule has 1 atom stereocenters. The van der Waals surface area contributed by atoms with Crippen LogP contribution < -0.4 is 4.72 Å². The topological polar surface area (TPSA) is 177 Å². The number of ether oxygens (including phenoxy) is 3. The number of nitrogens with one attached hydrogen (secondary N) is 1. The monoisotopic (exact) mass is 698 g/mol. The van der Waals surface area contributed by atoms with Gasteiger partial charge in [-0.15, -0.1) is 5.01 Å². The highest BCUT2D eigenvalue weighted by Crippen LogP contribution is 2.33. The van der Waals surface area contributed by atoms with Gasteiger partial charge in [-0.3, -0.25) is 0 Å². The minimum atomic E-state index is -4.72. The van der Waals surface area contributed by atoms with Gasteiger partial charge in [0, 0.05) is 5.56 Å². The summed E-state index contributed by atoms with van der Waals surface area (Å²) in [5, 5.41) is 20.5. The van der Waals surface area contributed by atoms with Crippen LogP contribution in [0.5, 0.6) is 0 Å². The van der Waals surface area contributed by atoms with Gasteiger partial charge in [0.05, 0.1) is 27.8 Å². The lowest BCUT2D eigenvalue weighted by molar-refractivity contribution is -0.715. The van der Waals surface area contributed by atoms with Crippen LogP contribution in [-0.2, 0) is 35.2 Å². The van der Waals surface area contributed by atoms with Crippen molar-refractivity contribution in [1.29, 1.82) is 0 Å². The van der Waals surface area contributed by atoms with Crippen molar-refractivity contribution in [2.24, 2.45) is 5.28 Å². The lowest BCUT2D eigenvalue weighted by Crippen LogP contribution is -2.40. The minimum Gasteiger partial charge on any atom is -0.569 e. The molecule has 260 valence electrons. The van der Waals surface area contributed by atoms with Gasteiger partial charge in [-0.25, -0.2) is 27.4 Å². The van der Waals surface area contributed by atoms with Crippen molar-refractivity contribution in [2.45, 2.75) is 63.3 Å².